The zero-order chi connectivity index (χ0) is 42.1. The maximum Gasteiger partial charge on any atom is 0.257 e. The molecule has 0 bridgehead atoms. The van der Waals surface area contributed by atoms with Gasteiger partial charge in [0.25, 0.3) is 6.71 Å². The van der Waals surface area contributed by atoms with E-state index in [1.54, 1.807) is 0 Å². The number of para-hydroxylation sites is 4. The number of fused-ring (bicyclic) bond motifs is 13. The predicted octanol–water partition coefficient (Wildman–Crippen LogP) is 9.95. The van der Waals surface area contributed by atoms with Crippen molar-refractivity contribution in [2.75, 3.05) is 9.80 Å². The Kier molecular flexibility index (Phi) is 7.84. The summed E-state index contributed by atoms with van der Waals surface area (Å²) in [4.78, 5) is 4.98. The van der Waals surface area contributed by atoms with Gasteiger partial charge in [-0.05, 0) is 126 Å². The zero-order valence-electron chi connectivity index (χ0n) is 36.0. The quantitative estimate of drug-likeness (QED) is 0.162. The van der Waals surface area contributed by atoms with E-state index in [0.29, 0.717) is 0 Å². The van der Waals surface area contributed by atoms with Crippen LogP contribution in [0.3, 0.4) is 0 Å². The Balaban J connectivity index is 1.19. The summed E-state index contributed by atoms with van der Waals surface area (Å²) in [6, 6.07) is 65.3. The number of ether oxygens (including phenoxy) is 2. The third-order valence-corrected chi connectivity index (χ3v) is 18.6. The topological polar surface area (TPSA) is 24.9 Å². The highest BCUT2D eigenvalue weighted by Gasteiger charge is 2.55. The summed E-state index contributed by atoms with van der Waals surface area (Å²) in [6.45, 7) is 13.6. The van der Waals surface area contributed by atoms with Gasteiger partial charge in [-0.2, -0.15) is 0 Å². The van der Waals surface area contributed by atoms with E-state index in [2.05, 4.69) is 227 Å². The molecule has 1 spiro atoms. The van der Waals surface area contributed by atoms with Gasteiger partial charge < -0.3 is 19.3 Å². The molecule has 0 saturated carbocycles. The molecule has 0 amide bonds. The summed E-state index contributed by atoms with van der Waals surface area (Å²) in [5.74, 6) is 3.71. The summed E-state index contributed by atoms with van der Waals surface area (Å²) >= 11 is 0. The molecular formula is C56H47BN2O2Si. The van der Waals surface area contributed by atoms with Gasteiger partial charge in [-0.1, -0.05) is 151 Å². The van der Waals surface area contributed by atoms with Crippen molar-refractivity contribution in [3.63, 3.8) is 0 Å². The Morgan fingerprint density at radius 1 is 0.387 bits per heavy atom. The number of hydrogen-bond donors (Lipinski definition) is 0. The smallest absolute Gasteiger partial charge is 0.257 e. The van der Waals surface area contributed by atoms with Crippen LogP contribution in [0.2, 0.25) is 0 Å². The highest BCUT2D eigenvalue weighted by molar-refractivity contribution is 7.22. The second kappa shape index (κ2) is 13.1. The minimum Gasteiger partial charge on any atom is -0.458 e. The van der Waals surface area contributed by atoms with Crippen LogP contribution in [0.25, 0.3) is 0 Å². The molecule has 0 atom stereocenters. The van der Waals surface area contributed by atoms with Gasteiger partial charge in [0, 0.05) is 34.1 Å². The molecule has 0 fully saturated rings. The Labute approximate surface area is 366 Å². The van der Waals surface area contributed by atoms with E-state index in [4.69, 9.17) is 9.47 Å². The first kappa shape index (κ1) is 37.0. The van der Waals surface area contributed by atoms with Crippen LogP contribution in [0.15, 0.2) is 176 Å². The van der Waals surface area contributed by atoms with Gasteiger partial charge in [0.2, 0.25) is 0 Å². The molecule has 8 aromatic carbocycles. The predicted molar refractivity (Wildman–Crippen MR) is 262 cm³/mol. The van der Waals surface area contributed by atoms with Crippen LogP contribution in [0, 0.1) is 0 Å². The Morgan fingerprint density at radius 3 is 1.35 bits per heavy atom. The Bertz CT molecular complexity index is 3050. The van der Waals surface area contributed by atoms with Crippen molar-refractivity contribution in [1.29, 1.82) is 0 Å². The minimum absolute atomic E-state index is 0.0254. The van der Waals surface area contributed by atoms with Crippen molar-refractivity contribution in [3.05, 3.63) is 187 Å². The summed E-state index contributed by atoms with van der Waals surface area (Å²) in [5, 5.41) is 4.99. The van der Waals surface area contributed by atoms with Gasteiger partial charge in [-0.25, -0.2) is 0 Å². The Hall–Kier alpha value is -6.76. The van der Waals surface area contributed by atoms with Crippen molar-refractivity contribution in [3.8, 4) is 23.0 Å². The second-order valence-corrected chi connectivity index (χ2v) is 22.9. The number of nitrogens with zero attached hydrogens (tertiary/aromatic N) is 2. The molecule has 0 N–H and O–H groups in total. The summed E-state index contributed by atoms with van der Waals surface area (Å²) in [7, 11) is -3.03. The molecule has 0 aromatic heterocycles. The number of benzene rings is 8. The van der Waals surface area contributed by atoms with Gasteiger partial charge >= 0.3 is 0 Å². The highest BCUT2D eigenvalue weighted by atomic mass is 28.3. The number of rotatable bonds is 2. The van der Waals surface area contributed by atoms with Crippen LogP contribution in [0.4, 0.5) is 34.1 Å². The van der Waals surface area contributed by atoms with Crippen LogP contribution in [0.1, 0.15) is 52.7 Å². The van der Waals surface area contributed by atoms with Crippen molar-refractivity contribution >= 4 is 86.0 Å². The first-order chi connectivity index (χ1) is 30.0. The van der Waals surface area contributed by atoms with Crippen molar-refractivity contribution < 1.29 is 9.47 Å². The average molecular weight is 819 g/mol. The molecule has 62 heavy (non-hydrogen) atoms. The second-order valence-electron chi connectivity index (χ2n) is 19.3. The van der Waals surface area contributed by atoms with Gasteiger partial charge in [-0.3, -0.25) is 0 Å². The van der Waals surface area contributed by atoms with Gasteiger partial charge in [0.05, 0.1) is 0 Å². The lowest BCUT2D eigenvalue weighted by Crippen LogP contribution is -2.78. The van der Waals surface area contributed by atoms with Crippen molar-refractivity contribution in [2.24, 2.45) is 0 Å². The van der Waals surface area contributed by atoms with E-state index in [1.807, 2.05) is 0 Å². The third kappa shape index (κ3) is 5.13. The molecule has 300 valence electrons. The highest BCUT2D eigenvalue weighted by Crippen LogP contribution is 2.47. The zero-order valence-corrected chi connectivity index (χ0v) is 37.0. The molecule has 4 aliphatic heterocycles. The van der Waals surface area contributed by atoms with Crippen LogP contribution in [-0.4, -0.2) is 14.8 Å². The molecule has 4 heterocycles. The SMILES string of the molecule is CC(C)(C)c1ccc(N2c3ccccc3B3c4c2cccc4N(c2ccc(C(C)(C)C)cc2)c2ccc4c(c23)Oc2ccccc2[Si]42c3ccccc3Oc3ccccc32)cc1. The summed E-state index contributed by atoms with van der Waals surface area (Å²) in [6.07, 6.45) is 0. The minimum atomic E-state index is -3.03. The molecule has 4 nitrogen and oxygen atoms in total. The monoisotopic (exact) mass is 818 g/mol. The molecule has 0 unspecified atom stereocenters. The molecule has 8 aromatic rings. The van der Waals surface area contributed by atoms with E-state index in [-0.39, 0.29) is 17.5 Å². The van der Waals surface area contributed by atoms with E-state index in [1.165, 1.54) is 65.3 Å². The van der Waals surface area contributed by atoms with E-state index >= 15 is 0 Å². The average Bonchev–Trinajstić information content (AvgIpc) is 3.28. The van der Waals surface area contributed by atoms with Gasteiger partial charge in [0.1, 0.15) is 23.0 Å². The van der Waals surface area contributed by atoms with Gasteiger partial charge in [-0.15, -0.1) is 0 Å². The lowest BCUT2D eigenvalue weighted by molar-refractivity contribution is 0.483. The third-order valence-electron chi connectivity index (χ3n) is 13.7. The fraction of sp³-hybridized carbons (Fsp3) is 0.143. The summed E-state index contributed by atoms with van der Waals surface area (Å²) < 4.78 is 14.3. The maximum atomic E-state index is 7.52. The van der Waals surface area contributed by atoms with Crippen molar-refractivity contribution in [1.82, 2.24) is 0 Å². The molecule has 6 heteroatoms. The molecule has 4 aliphatic rings. The first-order valence-electron chi connectivity index (χ1n) is 21.9. The van der Waals surface area contributed by atoms with Crippen LogP contribution < -0.4 is 56.4 Å². The van der Waals surface area contributed by atoms with E-state index < -0.39 is 8.07 Å². The molecule has 12 rings (SSSR count). The lowest BCUT2D eigenvalue weighted by atomic mass is 9.33. The van der Waals surface area contributed by atoms with E-state index in [9.17, 15) is 0 Å². The largest absolute Gasteiger partial charge is 0.458 e. The van der Waals surface area contributed by atoms with Gasteiger partial charge in [0.15, 0.2) is 8.07 Å². The molecule has 0 radical (unpaired) electrons. The molecular weight excluding hydrogens is 772 g/mol. The van der Waals surface area contributed by atoms with Crippen LogP contribution in [-0.2, 0) is 10.8 Å². The van der Waals surface area contributed by atoms with Crippen LogP contribution >= 0.6 is 0 Å². The fourth-order valence-electron chi connectivity index (χ4n) is 10.8. The molecule has 0 saturated heterocycles. The van der Waals surface area contributed by atoms with Crippen molar-refractivity contribution in [2.45, 2.75) is 52.4 Å². The normalized spacial score (nSPS) is 14.9. The maximum absolute atomic E-state index is 7.52. The standard InChI is InChI=1S/C56H47BN2O2Si/c1-55(2,3)36-26-30-38(31-27-36)58-41-17-8-7-16-40(41)57-52-42(58)18-15-19-43(52)59(39-32-28-37(29-33-39)56(4,5)6)44-34-35-51-54(53(44)57)61-47-22-11-14-25-50(47)62(51)48-23-12-9-20-45(48)60-46-21-10-13-24-49(46)62/h7-35H,1-6H3. The molecule has 0 aliphatic carbocycles. The lowest BCUT2D eigenvalue weighted by Gasteiger charge is -2.47. The number of hydrogen-bond acceptors (Lipinski definition) is 4. The number of anilines is 6. The Morgan fingerprint density at radius 2 is 0.823 bits per heavy atom. The first-order valence-corrected chi connectivity index (χ1v) is 23.9. The van der Waals surface area contributed by atoms with Crippen LogP contribution in [0.5, 0.6) is 23.0 Å². The fourth-order valence-corrected chi connectivity index (χ4v) is 16.0. The van der Waals surface area contributed by atoms with E-state index in [0.717, 1.165) is 40.1 Å². The summed E-state index contributed by atoms with van der Waals surface area (Å²) in [5.41, 5.74) is 13.4.